The molecule has 3 aromatic rings. The van der Waals surface area contributed by atoms with Crippen LogP contribution < -0.4 is 10.6 Å². The molecular weight excluding hydrogens is 392 g/mol. The van der Waals surface area contributed by atoms with Crippen molar-refractivity contribution in [2.45, 2.75) is 38.0 Å². The number of nitrogens with zero attached hydrogens (tertiary/aromatic N) is 4. The van der Waals surface area contributed by atoms with E-state index in [1.54, 1.807) is 11.3 Å². The quantitative estimate of drug-likeness (QED) is 0.645. The number of halogens is 1. The predicted octanol–water partition coefficient (Wildman–Crippen LogP) is 4.68. The summed E-state index contributed by atoms with van der Waals surface area (Å²) in [5.41, 5.74) is 4.31. The zero-order valence-electron chi connectivity index (χ0n) is 15.5. The number of rotatable bonds is 4. The molecule has 4 heterocycles. The Morgan fingerprint density at radius 3 is 2.82 bits per heavy atom. The van der Waals surface area contributed by atoms with Gasteiger partial charge in [0.05, 0.1) is 11.0 Å². The molecule has 1 saturated carbocycles. The second-order valence-electron chi connectivity index (χ2n) is 7.19. The van der Waals surface area contributed by atoms with Gasteiger partial charge in [0.25, 0.3) is 0 Å². The lowest BCUT2D eigenvalue weighted by Crippen LogP contribution is -2.20. The third kappa shape index (κ3) is 4.01. The first-order chi connectivity index (χ1) is 13.3. The normalized spacial score (nSPS) is 17.4. The van der Waals surface area contributed by atoms with Crippen molar-refractivity contribution in [1.82, 2.24) is 25.5 Å². The van der Waals surface area contributed by atoms with E-state index in [1.165, 1.54) is 31.3 Å². The van der Waals surface area contributed by atoms with Crippen LogP contribution >= 0.6 is 23.7 Å². The molecule has 0 unspecified atom stereocenters. The Morgan fingerprint density at radius 2 is 2.00 bits per heavy atom. The van der Waals surface area contributed by atoms with Crippen LogP contribution in [0.3, 0.4) is 0 Å². The van der Waals surface area contributed by atoms with Crippen molar-refractivity contribution in [2.24, 2.45) is 0 Å². The summed E-state index contributed by atoms with van der Waals surface area (Å²) < 4.78 is 0. The molecule has 146 valence electrons. The first-order valence-corrected chi connectivity index (χ1v) is 10.4. The van der Waals surface area contributed by atoms with E-state index in [9.17, 15) is 0 Å². The Balaban J connectivity index is 0.00000192. The lowest BCUT2D eigenvalue weighted by atomic mass is 10.0. The molecule has 0 spiro atoms. The number of fused-ring (bicyclic) bond motifs is 1. The minimum Gasteiger partial charge on any atom is -0.315 e. The molecule has 0 atom stereocenters. The molecule has 2 N–H and O–H groups in total. The van der Waals surface area contributed by atoms with E-state index in [1.807, 2.05) is 18.3 Å². The maximum Gasteiger partial charge on any atom is 0.211 e. The van der Waals surface area contributed by atoms with Crippen LogP contribution in [0.5, 0.6) is 0 Å². The van der Waals surface area contributed by atoms with Crippen LogP contribution in [0.1, 0.15) is 48.6 Å². The van der Waals surface area contributed by atoms with Gasteiger partial charge in [-0.05, 0) is 55.1 Å². The molecule has 0 radical (unpaired) electrons. The van der Waals surface area contributed by atoms with Gasteiger partial charge in [0.15, 0.2) is 0 Å². The summed E-state index contributed by atoms with van der Waals surface area (Å²) in [7, 11) is 0. The van der Waals surface area contributed by atoms with Crippen LogP contribution in [-0.4, -0.2) is 33.3 Å². The van der Waals surface area contributed by atoms with Crippen molar-refractivity contribution in [3.8, 4) is 0 Å². The van der Waals surface area contributed by atoms with E-state index >= 15 is 0 Å². The highest BCUT2D eigenvalue weighted by Gasteiger charge is 2.21. The van der Waals surface area contributed by atoms with Gasteiger partial charge in [0.2, 0.25) is 5.13 Å². The third-order valence-corrected chi connectivity index (χ3v) is 6.35. The van der Waals surface area contributed by atoms with Crippen molar-refractivity contribution in [2.75, 3.05) is 18.4 Å². The molecule has 2 aliphatic rings. The summed E-state index contributed by atoms with van der Waals surface area (Å²) in [5, 5.41) is 17.3. The molecule has 1 aliphatic heterocycles. The minimum absolute atomic E-state index is 0. The van der Waals surface area contributed by atoms with E-state index in [-0.39, 0.29) is 12.4 Å². The number of aromatic nitrogens is 4. The zero-order chi connectivity index (χ0) is 18.1. The minimum atomic E-state index is 0. The zero-order valence-corrected chi connectivity index (χ0v) is 17.2. The van der Waals surface area contributed by atoms with Crippen molar-refractivity contribution < 1.29 is 0 Å². The average Bonchev–Trinajstić information content (AvgIpc) is 3.40. The van der Waals surface area contributed by atoms with Gasteiger partial charge in [-0.3, -0.25) is 4.98 Å². The maximum absolute atomic E-state index is 4.76. The molecule has 5 rings (SSSR count). The summed E-state index contributed by atoms with van der Waals surface area (Å²) >= 11 is 1.65. The van der Waals surface area contributed by atoms with Gasteiger partial charge in [-0.2, -0.15) is 0 Å². The van der Waals surface area contributed by atoms with E-state index < -0.39 is 0 Å². The van der Waals surface area contributed by atoms with E-state index in [0.717, 1.165) is 52.1 Å². The molecule has 0 bridgehead atoms. The van der Waals surface area contributed by atoms with Gasteiger partial charge < -0.3 is 10.6 Å². The average molecular weight is 415 g/mol. The standard InChI is InChI=1S/C20H22N6S.ClH/c1-2-4-14(3-1)19-25-26-20(27-19)24-18-6-5-16-17(23-18)11-15(12-22-16)13-7-9-21-10-8-13;/h5-7,11-12,14,21H,1-4,8-10H2,(H,23,24,26);1H. The van der Waals surface area contributed by atoms with Crippen molar-refractivity contribution in [1.29, 1.82) is 0 Å². The smallest absolute Gasteiger partial charge is 0.211 e. The number of anilines is 2. The van der Waals surface area contributed by atoms with Gasteiger partial charge in [0.1, 0.15) is 10.8 Å². The topological polar surface area (TPSA) is 75.6 Å². The van der Waals surface area contributed by atoms with Crippen LogP contribution in [0.15, 0.2) is 30.5 Å². The number of hydrogen-bond donors (Lipinski definition) is 2. The number of pyridine rings is 2. The summed E-state index contributed by atoms with van der Waals surface area (Å²) in [6.07, 6.45) is 10.3. The third-order valence-electron chi connectivity index (χ3n) is 5.35. The van der Waals surface area contributed by atoms with Crippen LogP contribution in [0, 0.1) is 0 Å². The Kier molecular flexibility index (Phi) is 5.85. The number of hydrogen-bond acceptors (Lipinski definition) is 7. The highest BCUT2D eigenvalue weighted by molar-refractivity contribution is 7.15. The summed E-state index contributed by atoms with van der Waals surface area (Å²) in [6.45, 7) is 1.93. The predicted molar refractivity (Wildman–Crippen MR) is 117 cm³/mol. The molecule has 3 aromatic heterocycles. The summed E-state index contributed by atoms with van der Waals surface area (Å²) in [6, 6.07) is 6.09. The van der Waals surface area contributed by atoms with Crippen molar-refractivity contribution >= 4 is 51.3 Å². The second-order valence-corrected chi connectivity index (χ2v) is 8.20. The van der Waals surface area contributed by atoms with Crippen molar-refractivity contribution in [3.63, 3.8) is 0 Å². The molecule has 1 aliphatic carbocycles. The van der Waals surface area contributed by atoms with Gasteiger partial charge in [0, 0.05) is 18.7 Å². The van der Waals surface area contributed by atoms with Crippen LogP contribution in [0.4, 0.5) is 10.9 Å². The molecule has 0 saturated heterocycles. The van der Waals surface area contributed by atoms with E-state index in [2.05, 4.69) is 38.0 Å². The van der Waals surface area contributed by atoms with E-state index in [0.29, 0.717) is 5.92 Å². The van der Waals surface area contributed by atoms with Gasteiger partial charge in [-0.25, -0.2) is 4.98 Å². The lowest BCUT2D eigenvalue weighted by molar-refractivity contribution is 0.705. The van der Waals surface area contributed by atoms with Gasteiger partial charge in [-0.1, -0.05) is 30.3 Å². The fraction of sp³-hybridized carbons (Fsp3) is 0.400. The molecule has 28 heavy (non-hydrogen) atoms. The highest BCUT2D eigenvalue weighted by Crippen LogP contribution is 2.37. The van der Waals surface area contributed by atoms with Crippen molar-refractivity contribution in [3.05, 3.63) is 41.0 Å². The monoisotopic (exact) mass is 414 g/mol. The van der Waals surface area contributed by atoms with Crippen LogP contribution in [0.2, 0.25) is 0 Å². The SMILES string of the molecule is C1=C(c2cnc3ccc(Nc4nnc(C5CCCC5)s4)nc3c2)CCNC1.Cl. The van der Waals surface area contributed by atoms with Gasteiger partial charge in [-0.15, -0.1) is 22.6 Å². The number of nitrogens with one attached hydrogen (secondary N) is 2. The van der Waals surface area contributed by atoms with Crippen LogP contribution in [-0.2, 0) is 0 Å². The Bertz CT molecular complexity index is 995. The molecule has 1 fully saturated rings. The lowest BCUT2D eigenvalue weighted by Gasteiger charge is -2.14. The van der Waals surface area contributed by atoms with Gasteiger partial charge >= 0.3 is 0 Å². The first kappa shape index (κ1) is 19.2. The van der Waals surface area contributed by atoms with Crippen LogP contribution in [0.25, 0.3) is 16.6 Å². The fourth-order valence-electron chi connectivity index (χ4n) is 3.87. The maximum atomic E-state index is 4.76. The molecule has 8 heteroatoms. The Hall–Kier alpha value is -2.09. The molecular formula is C20H23ClN6S. The highest BCUT2D eigenvalue weighted by atomic mass is 35.5. The fourth-order valence-corrected chi connectivity index (χ4v) is 4.79. The Morgan fingerprint density at radius 1 is 1.11 bits per heavy atom. The Labute approximate surface area is 174 Å². The molecule has 0 aromatic carbocycles. The summed E-state index contributed by atoms with van der Waals surface area (Å²) in [5.74, 6) is 1.38. The summed E-state index contributed by atoms with van der Waals surface area (Å²) in [4.78, 5) is 9.34. The van der Waals surface area contributed by atoms with E-state index in [4.69, 9.17) is 4.98 Å². The molecule has 6 nitrogen and oxygen atoms in total. The second kappa shape index (κ2) is 8.51. The largest absolute Gasteiger partial charge is 0.315 e. The molecule has 0 amide bonds. The first-order valence-electron chi connectivity index (χ1n) is 9.62.